The summed E-state index contributed by atoms with van der Waals surface area (Å²) in [6.45, 7) is 0. The van der Waals surface area contributed by atoms with Crippen LogP contribution in [0, 0.1) is 0 Å². The highest BCUT2D eigenvalue weighted by atomic mass is 32.2. The number of benzene rings is 2. The van der Waals surface area contributed by atoms with Gasteiger partial charge in [-0.3, -0.25) is 10.1 Å². The maximum absolute atomic E-state index is 12.5. The lowest BCUT2D eigenvalue weighted by molar-refractivity contribution is 0.0600. The van der Waals surface area contributed by atoms with Crippen molar-refractivity contribution in [3.05, 3.63) is 77.5 Å². The van der Waals surface area contributed by atoms with Crippen molar-refractivity contribution in [2.75, 3.05) is 12.4 Å². The lowest BCUT2D eigenvalue weighted by Crippen LogP contribution is -2.13. The number of hydrogen-bond acceptors (Lipinski definition) is 8. The average Bonchev–Trinajstić information content (AvgIpc) is 3.24. The molecule has 1 amide bonds. The van der Waals surface area contributed by atoms with Crippen LogP contribution in [0.4, 0.5) is 5.13 Å². The van der Waals surface area contributed by atoms with E-state index >= 15 is 0 Å². The number of methoxy groups -OCH3 is 1. The van der Waals surface area contributed by atoms with E-state index < -0.39 is 0 Å². The molecule has 0 radical (unpaired) electrons. The van der Waals surface area contributed by atoms with Crippen LogP contribution in [0.1, 0.15) is 26.4 Å². The SMILES string of the molecule is COC(=O)c1ccc(CSc2nnc(NC(=O)c3ccc4ccccc4n3)s2)cc1. The van der Waals surface area contributed by atoms with Gasteiger partial charge in [0.25, 0.3) is 5.91 Å². The Morgan fingerprint density at radius 2 is 1.83 bits per heavy atom. The van der Waals surface area contributed by atoms with Gasteiger partial charge in [0.2, 0.25) is 5.13 Å². The van der Waals surface area contributed by atoms with Crippen molar-refractivity contribution in [3.8, 4) is 0 Å². The second-order valence-electron chi connectivity index (χ2n) is 6.19. The number of carbonyl (C=O) groups is 2. The Morgan fingerprint density at radius 3 is 2.63 bits per heavy atom. The molecule has 4 aromatic rings. The number of amides is 1. The van der Waals surface area contributed by atoms with Crippen LogP contribution in [0.5, 0.6) is 0 Å². The number of fused-ring (bicyclic) bond motifs is 1. The second kappa shape index (κ2) is 9.02. The van der Waals surface area contributed by atoms with Crippen molar-refractivity contribution in [1.82, 2.24) is 15.2 Å². The number of esters is 1. The van der Waals surface area contributed by atoms with Gasteiger partial charge in [-0.15, -0.1) is 10.2 Å². The highest BCUT2D eigenvalue weighted by molar-refractivity contribution is 8.00. The molecule has 7 nitrogen and oxygen atoms in total. The minimum absolute atomic E-state index is 0.323. The quantitative estimate of drug-likeness (QED) is 0.272. The van der Waals surface area contributed by atoms with Gasteiger partial charge in [-0.2, -0.15) is 0 Å². The zero-order valence-corrected chi connectivity index (χ0v) is 17.5. The summed E-state index contributed by atoms with van der Waals surface area (Å²) in [5, 5.41) is 12.3. The molecule has 0 saturated carbocycles. The van der Waals surface area contributed by atoms with Gasteiger partial charge in [-0.25, -0.2) is 9.78 Å². The second-order valence-corrected chi connectivity index (χ2v) is 8.39. The molecule has 1 N–H and O–H groups in total. The molecule has 9 heteroatoms. The predicted octanol–water partition coefficient (Wildman–Crippen LogP) is 4.42. The first-order valence-corrected chi connectivity index (χ1v) is 10.7. The molecule has 0 aliphatic heterocycles. The van der Waals surface area contributed by atoms with E-state index in [1.807, 2.05) is 42.5 Å². The fourth-order valence-corrected chi connectivity index (χ4v) is 4.38. The van der Waals surface area contributed by atoms with Crippen molar-refractivity contribution in [1.29, 1.82) is 0 Å². The minimum Gasteiger partial charge on any atom is -0.465 e. The fraction of sp³-hybridized carbons (Fsp3) is 0.0952. The molecule has 2 heterocycles. The van der Waals surface area contributed by atoms with Crippen molar-refractivity contribution in [2.45, 2.75) is 10.1 Å². The van der Waals surface area contributed by atoms with Gasteiger partial charge in [0.15, 0.2) is 4.34 Å². The number of ether oxygens (including phenoxy) is 1. The maximum atomic E-state index is 12.5. The molecule has 0 unspecified atom stereocenters. The molecule has 0 bridgehead atoms. The summed E-state index contributed by atoms with van der Waals surface area (Å²) in [5.41, 5.74) is 2.63. The molecule has 0 saturated heterocycles. The third kappa shape index (κ3) is 4.64. The largest absolute Gasteiger partial charge is 0.465 e. The Bertz CT molecular complexity index is 1210. The number of aromatic nitrogens is 3. The molecule has 0 fully saturated rings. The Balaban J connectivity index is 1.36. The average molecular weight is 437 g/mol. The number of pyridine rings is 1. The molecule has 30 heavy (non-hydrogen) atoms. The third-order valence-electron chi connectivity index (χ3n) is 4.20. The molecule has 150 valence electrons. The summed E-state index contributed by atoms with van der Waals surface area (Å²) in [5.74, 6) is -0.0255. The van der Waals surface area contributed by atoms with E-state index in [-0.39, 0.29) is 11.9 Å². The van der Waals surface area contributed by atoms with Crippen LogP contribution in [0.25, 0.3) is 10.9 Å². The molecular formula is C21H16N4O3S2. The summed E-state index contributed by atoms with van der Waals surface area (Å²) in [4.78, 5) is 28.3. The number of carbonyl (C=O) groups excluding carboxylic acids is 2. The molecular weight excluding hydrogens is 420 g/mol. The lowest BCUT2D eigenvalue weighted by Gasteiger charge is -2.02. The molecule has 2 aromatic heterocycles. The Labute approximate surface area is 180 Å². The number of rotatable bonds is 6. The zero-order chi connectivity index (χ0) is 20.9. The number of thioether (sulfide) groups is 1. The number of hydrogen-bond donors (Lipinski definition) is 1. The molecule has 0 spiro atoms. The van der Waals surface area contributed by atoms with E-state index in [9.17, 15) is 9.59 Å². The Morgan fingerprint density at radius 1 is 1.03 bits per heavy atom. The van der Waals surface area contributed by atoms with E-state index in [4.69, 9.17) is 4.74 Å². The summed E-state index contributed by atoms with van der Waals surface area (Å²) >= 11 is 2.80. The first-order valence-electron chi connectivity index (χ1n) is 8.93. The van der Waals surface area contributed by atoms with Gasteiger partial charge in [0, 0.05) is 11.1 Å². The van der Waals surface area contributed by atoms with Gasteiger partial charge < -0.3 is 4.74 Å². The standard InChI is InChI=1S/C21H16N4O3S2/c1-28-19(27)15-8-6-13(7-9-15)12-29-21-25-24-20(30-21)23-18(26)17-11-10-14-4-2-3-5-16(14)22-17/h2-11H,12H2,1H3,(H,23,24,26). The van der Waals surface area contributed by atoms with Gasteiger partial charge in [0.1, 0.15) is 5.69 Å². The summed E-state index contributed by atoms with van der Waals surface area (Å²) in [6, 6.07) is 18.4. The molecule has 4 rings (SSSR count). The van der Waals surface area contributed by atoms with Gasteiger partial charge in [-0.1, -0.05) is 59.5 Å². The van der Waals surface area contributed by atoms with Crippen LogP contribution >= 0.6 is 23.1 Å². The molecule has 0 atom stereocenters. The summed E-state index contributed by atoms with van der Waals surface area (Å²) < 4.78 is 5.42. The van der Waals surface area contributed by atoms with Crippen molar-refractivity contribution in [3.63, 3.8) is 0 Å². The minimum atomic E-state index is -0.361. The van der Waals surface area contributed by atoms with Crippen molar-refractivity contribution < 1.29 is 14.3 Å². The van der Waals surface area contributed by atoms with E-state index in [1.165, 1.54) is 30.2 Å². The molecule has 0 aliphatic carbocycles. The Kier molecular flexibility index (Phi) is 6.01. The van der Waals surface area contributed by atoms with E-state index in [0.717, 1.165) is 20.8 Å². The first kappa shape index (κ1) is 20.0. The van der Waals surface area contributed by atoms with E-state index in [2.05, 4.69) is 20.5 Å². The van der Waals surface area contributed by atoms with Crippen molar-refractivity contribution in [2.24, 2.45) is 0 Å². The molecule has 0 aliphatic rings. The van der Waals surface area contributed by atoms with Crippen LogP contribution in [0.3, 0.4) is 0 Å². The summed E-state index contributed by atoms with van der Waals surface area (Å²) in [7, 11) is 1.36. The van der Waals surface area contributed by atoms with Gasteiger partial charge >= 0.3 is 5.97 Å². The maximum Gasteiger partial charge on any atom is 0.337 e. The third-order valence-corrected chi connectivity index (χ3v) is 6.24. The van der Waals surface area contributed by atoms with Crippen LogP contribution in [0.2, 0.25) is 0 Å². The van der Waals surface area contributed by atoms with Crippen molar-refractivity contribution >= 4 is 51.0 Å². The van der Waals surface area contributed by atoms with Crippen LogP contribution in [-0.2, 0) is 10.5 Å². The Hall–Kier alpha value is -3.30. The number of nitrogens with one attached hydrogen (secondary N) is 1. The van der Waals surface area contributed by atoms with Gasteiger partial charge in [0.05, 0.1) is 18.2 Å². The summed E-state index contributed by atoms with van der Waals surface area (Å²) in [6.07, 6.45) is 0. The first-order chi connectivity index (χ1) is 14.6. The highest BCUT2D eigenvalue weighted by Gasteiger charge is 2.13. The van der Waals surface area contributed by atoms with E-state index in [1.54, 1.807) is 18.2 Å². The van der Waals surface area contributed by atoms with Crippen LogP contribution in [-0.4, -0.2) is 34.2 Å². The van der Waals surface area contributed by atoms with Crippen LogP contribution in [0.15, 0.2) is 65.0 Å². The fourth-order valence-electron chi connectivity index (χ4n) is 2.67. The predicted molar refractivity (Wildman–Crippen MR) is 117 cm³/mol. The smallest absolute Gasteiger partial charge is 0.337 e. The highest BCUT2D eigenvalue weighted by Crippen LogP contribution is 2.28. The normalized spacial score (nSPS) is 10.7. The number of anilines is 1. The van der Waals surface area contributed by atoms with Crippen LogP contribution < -0.4 is 5.32 Å². The monoisotopic (exact) mass is 436 g/mol. The van der Waals surface area contributed by atoms with Gasteiger partial charge in [-0.05, 0) is 29.8 Å². The topological polar surface area (TPSA) is 94.1 Å². The lowest BCUT2D eigenvalue weighted by atomic mass is 10.1. The number of nitrogens with zero attached hydrogens (tertiary/aromatic N) is 3. The number of para-hydroxylation sites is 1. The van der Waals surface area contributed by atoms with E-state index in [0.29, 0.717) is 22.1 Å². The zero-order valence-electron chi connectivity index (χ0n) is 15.9. The molecule has 2 aromatic carbocycles.